The summed E-state index contributed by atoms with van der Waals surface area (Å²) in [6.45, 7) is 30.2. The molecule has 0 aliphatic rings. The molecule has 0 aliphatic heterocycles. The number of halogens is 1. The second kappa shape index (κ2) is 13.1. The maximum atomic E-state index is 2.44. The third kappa shape index (κ3) is 8.24. The number of benzene rings is 3. The molecule has 0 N–H and O–H groups in total. The summed E-state index contributed by atoms with van der Waals surface area (Å²) in [7, 11) is 0. The summed E-state index contributed by atoms with van der Waals surface area (Å²) in [5.74, 6) is 0. The van der Waals surface area contributed by atoms with Crippen LogP contribution in [0.2, 0.25) is 0 Å². The summed E-state index contributed by atoms with van der Waals surface area (Å²) in [4.78, 5) is 1.44. The van der Waals surface area contributed by atoms with Gasteiger partial charge < -0.3 is 12.4 Å². The molecule has 44 heavy (non-hydrogen) atoms. The van der Waals surface area contributed by atoms with Gasteiger partial charge in [-0.05, 0) is 80.0 Å². The van der Waals surface area contributed by atoms with Crippen molar-refractivity contribution in [3.05, 3.63) is 93.4 Å². The molecule has 238 valence electrons. The number of rotatable bonds is 6. The van der Waals surface area contributed by atoms with Crippen LogP contribution in [0.15, 0.2) is 66.3 Å². The van der Waals surface area contributed by atoms with Gasteiger partial charge in [0, 0.05) is 0 Å². The van der Waals surface area contributed by atoms with Gasteiger partial charge in [-0.1, -0.05) is 150 Å². The minimum Gasteiger partial charge on any atom is -1.00 e. The first-order valence-electron chi connectivity index (χ1n) is 16.2. The lowest BCUT2D eigenvalue weighted by Crippen LogP contribution is -3.00. The Labute approximate surface area is 279 Å². The summed E-state index contributed by atoms with van der Waals surface area (Å²) in [5.41, 5.74) is 14.5. The largest absolute Gasteiger partial charge is 1.00 e. The van der Waals surface area contributed by atoms with Crippen LogP contribution in [0.4, 0.5) is 0 Å². The van der Waals surface area contributed by atoms with Crippen LogP contribution < -0.4 is 17.0 Å². The van der Waals surface area contributed by atoms with Crippen LogP contribution in [0.25, 0.3) is 27.9 Å². The number of nitrogens with zero attached hydrogens (tertiary/aromatic N) is 1. The summed E-state index contributed by atoms with van der Waals surface area (Å²) in [5, 5.41) is 0. The molecule has 0 radical (unpaired) electrons. The number of aryl methyl sites for hydroxylation is 1. The summed E-state index contributed by atoms with van der Waals surface area (Å²) >= 11 is 1.88. The predicted octanol–water partition coefficient (Wildman–Crippen LogP) is 8.90. The number of hydrogen-bond donors (Lipinski definition) is 0. The Kier molecular flexibility index (Phi) is 10.8. The molecule has 0 saturated heterocycles. The molecule has 1 nitrogen and oxygen atoms in total. The second-order valence-electron chi connectivity index (χ2n) is 16.6. The van der Waals surface area contributed by atoms with Crippen molar-refractivity contribution in [2.45, 2.75) is 131 Å². The fraction of sp³-hybridized carbons (Fsp3) is 0.488. The molecule has 4 rings (SSSR count). The van der Waals surface area contributed by atoms with E-state index >= 15 is 0 Å². The van der Waals surface area contributed by atoms with E-state index in [1.54, 1.807) is 0 Å². The van der Waals surface area contributed by atoms with Gasteiger partial charge in [0.25, 0.3) is 0 Å². The van der Waals surface area contributed by atoms with E-state index in [1.165, 1.54) is 67.9 Å². The Morgan fingerprint density at radius 3 is 1.32 bits per heavy atom. The monoisotopic (exact) mass is 629 g/mol. The van der Waals surface area contributed by atoms with Crippen LogP contribution in [0.5, 0.6) is 0 Å². The van der Waals surface area contributed by atoms with Crippen LogP contribution >= 0.6 is 11.3 Å². The van der Waals surface area contributed by atoms with Crippen molar-refractivity contribution in [3.8, 4) is 27.9 Å². The van der Waals surface area contributed by atoms with Crippen molar-refractivity contribution in [1.82, 2.24) is 0 Å². The van der Waals surface area contributed by atoms with Gasteiger partial charge in [0.1, 0.15) is 0 Å². The Morgan fingerprint density at radius 1 is 0.591 bits per heavy atom. The molecular weight excluding hydrogens is 574 g/mol. The van der Waals surface area contributed by atoms with Crippen LogP contribution in [0.3, 0.4) is 0 Å². The van der Waals surface area contributed by atoms with Gasteiger partial charge in [0.15, 0.2) is 6.20 Å². The average molecular weight is 630 g/mol. The highest BCUT2D eigenvalue weighted by Crippen LogP contribution is 2.40. The van der Waals surface area contributed by atoms with Gasteiger partial charge in [-0.25, -0.2) is 0 Å². The lowest BCUT2D eigenvalue weighted by atomic mass is 9.77. The van der Waals surface area contributed by atoms with Crippen LogP contribution in [0, 0.1) is 0 Å². The van der Waals surface area contributed by atoms with Crippen molar-refractivity contribution >= 4 is 11.3 Å². The first-order chi connectivity index (χ1) is 19.8. The standard InChI is InChI=1S/C41H56NS.ClH/c1-14-15-17-34-26-42(27-43-34)37-35(28-20-30(38(2,3)4)24-31(21-28)39(5,6)7)18-16-19-36(37)29-22-32(40(8,9)10)25-33(23-29)41(11,12)13;/h16,18-27H,14-15,17H2,1-13H3;1H/q+1;/p-1. The maximum Gasteiger partial charge on any atom is 0.230 e. The third-order valence-electron chi connectivity index (χ3n) is 8.62. The molecule has 0 aliphatic carbocycles. The van der Waals surface area contributed by atoms with E-state index in [9.17, 15) is 0 Å². The molecule has 4 aromatic rings. The quantitative estimate of drug-likeness (QED) is 0.188. The third-order valence-corrected chi connectivity index (χ3v) is 9.57. The average Bonchev–Trinajstić information content (AvgIpc) is 3.37. The smallest absolute Gasteiger partial charge is 0.230 e. The van der Waals surface area contributed by atoms with E-state index in [2.05, 4.69) is 161 Å². The Morgan fingerprint density at radius 2 is 0.977 bits per heavy atom. The van der Waals surface area contributed by atoms with E-state index in [1.807, 2.05) is 11.3 Å². The zero-order valence-corrected chi connectivity index (χ0v) is 31.3. The van der Waals surface area contributed by atoms with E-state index < -0.39 is 0 Å². The highest BCUT2D eigenvalue weighted by Gasteiger charge is 2.28. The Balaban J connectivity index is 0.00000529. The molecule has 1 heterocycles. The normalized spacial score (nSPS) is 12.8. The molecule has 0 fully saturated rings. The van der Waals surface area contributed by atoms with Gasteiger partial charge in [-0.3, -0.25) is 0 Å². The van der Waals surface area contributed by atoms with Gasteiger partial charge in [-0.2, -0.15) is 4.57 Å². The molecule has 0 saturated carbocycles. The van der Waals surface area contributed by atoms with Gasteiger partial charge >= 0.3 is 0 Å². The van der Waals surface area contributed by atoms with E-state index in [4.69, 9.17) is 0 Å². The fourth-order valence-electron chi connectivity index (χ4n) is 5.52. The van der Waals surface area contributed by atoms with Crippen molar-refractivity contribution in [2.75, 3.05) is 0 Å². The summed E-state index contributed by atoms with van der Waals surface area (Å²) in [6.07, 6.45) is 5.95. The first-order valence-corrected chi connectivity index (χ1v) is 17.1. The van der Waals surface area contributed by atoms with Gasteiger partial charge in [0.2, 0.25) is 11.2 Å². The minimum absolute atomic E-state index is 0. The molecule has 0 unspecified atom stereocenters. The molecule has 3 aromatic carbocycles. The molecule has 0 atom stereocenters. The van der Waals surface area contributed by atoms with Crippen LogP contribution in [-0.2, 0) is 28.1 Å². The first kappa shape index (κ1) is 36.1. The molecule has 0 amide bonds. The fourth-order valence-corrected chi connectivity index (χ4v) is 6.37. The van der Waals surface area contributed by atoms with Crippen molar-refractivity contribution in [3.63, 3.8) is 0 Å². The van der Waals surface area contributed by atoms with Crippen LogP contribution in [0.1, 0.15) is 130 Å². The Hall–Kier alpha value is -2.42. The number of thiazole rings is 1. The van der Waals surface area contributed by atoms with E-state index in [0.717, 1.165) is 6.42 Å². The van der Waals surface area contributed by atoms with Gasteiger partial charge in [0.05, 0.1) is 16.0 Å². The van der Waals surface area contributed by atoms with Crippen LogP contribution in [-0.4, -0.2) is 0 Å². The number of aromatic nitrogens is 1. The topological polar surface area (TPSA) is 3.88 Å². The Bertz CT molecular complexity index is 1420. The highest BCUT2D eigenvalue weighted by molar-refractivity contribution is 7.09. The zero-order valence-electron chi connectivity index (χ0n) is 29.7. The molecule has 0 spiro atoms. The number of hydrogen-bond acceptors (Lipinski definition) is 1. The lowest BCUT2D eigenvalue weighted by Gasteiger charge is -2.27. The summed E-state index contributed by atoms with van der Waals surface area (Å²) < 4.78 is 2.42. The molecule has 0 bridgehead atoms. The van der Waals surface area contributed by atoms with Crippen molar-refractivity contribution in [1.29, 1.82) is 0 Å². The van der Waals surface area contributed by atoms with E-state index in [-0.39, 0.29) is 34.1 Å². The predicted molar refractivity (Wildman–Crippen MR) is 190 cm³/mol. The zero-order chi connectivity index (χ0) is 32.0. The number of unbranched alkanes of at least 4 members (excludes halogenated alkanes) is 1. The number of para-hydroxylation sites is 1. The molecular formula is C41H56ClNS. The SMILES string of the molecule is CCCCc1c[n+](-c2c(-c3cc(C(C)(C)C)cc(C(C)(C)C)c3)cccc2-c2cc(C(C)(C)C)cc(C(C)(C)C)c2)cs1.[Cl-]. The molecule has 1 aromatic heterocycles. The van der Waals surface area contributed by atoms with Gasteiger partial charge in [-0.15, -0.1) is 0 Å². The van der Waals surface area contributed by atoms with Crippen molar-refractivity contribution < 1.29 is 17.0 Å². The summed E-state index contributed by atoms with van der Waals surface area (Å²) in [6, 6.07) is 21.5. The molecule has 3 heteroatoms. The maximum absolute atomic E-state index is 2.44. The highest BCUT2D eigenvalue weighted by atomic mass is 35.5. The van der Waals surface area contributed by atoms with E-state index in [0.29, 0.717) is 0 Å². The minimum atomic E-state index is 0. The second-order valence-corrected chi connectivity index (χ2v) is 17.6. The lowest BCUT2D eigenvalue weighted by molar-refractivity contribution is -0.589. The van der Waals surface area contributed by atoms with Crippen molar-refractivity contribution in [2.24, 2.45) is 0 Å².